The van der Waals surface area contributed by atoms with Gasteiger partial charge in [-0.3, -0.25) is 0 Å². The summed E-state index contributed by atoms with van der Waals surface area (Å²) in [4.78, 5) is 4.60. The van der Waals surface area contributed by atoms with Crippen LogP contribution in [0.4, 0.5) is 10.1 Å². The second-order valence-corrected chi connectivity index (χ2v) is 6.15. The number of anilines is 1. The number of nitrogens with one attached hydrogen (secondary N) is 1. The third-order valence-corrected chi connectivity index (χ3v) is 4.53. The second kappa shape index (κ2) is 5.68. The Morgan fingerprint density at radius 3 is 2.90 bits per heavy atom. The summed E-state index contributed by atoms with van der Waals surface area (Å²) < 4.78 is 15.0. The van der Waals surface area contributed by atoms with E-state index in [1.54, 1.807) is 6.07 Å². The third kappa shape index (κ3) is 2.30. The molecule has 0 bridgehead atoms. The largest absolute Gasteiger partial charge is 0.384 e. The van der Waals surface area contributed by atoms with Crippen molar-refractivity contribution in [3.63, 3.8) is 0 Å². The summed E-state index contributed by atoms with van der Waals surface area (Å²) in [5.74, 6) is -0.240. The first-order chi connectivity index (χ1) is 9.72. The molecule has 1 aliphatic carbocycles. The van der Waals surface area contributed by atoms with E-state index in [2.05, 4.69) is 33.2 Å². The minimum atomic E-state index is -0.240. The van der Waals surface area contributed by atoms with Crippen molar-refractivity contribution in [3.05, 3.63) is 33.7 Å². The van der Waals surface area contributed by atoms with Crippen molar-refractivity contribution in [3.8, 4) is 0 Å². The van der Waals surface area contributed by atoms with Crippen molar-refractivity contribution < 1.29 is 4.39 Å². The Balaban J connectivity index is 2.30. The maximum Gasteiger partial charge on any atom is 0.149 e. The Morgan fingerprint density at radius 2 is 2.10 bits per heavy atom. The molecule has 1 heterocycles. The Kier molecular flexibility index (Phi) is 3.92. The number of aromatic nitrogens is 1. The van der Waals surface area contributed by atoms with Crippen LogP contribution in [0.25, 0.3) is 10.9 Å². The van der Waals surface area contributed by atoms with Crippen LogP contribution in [-0.4, -0.2) is 11.5 Å². The zero-order chi connectivity index (χ0) is 14.1. The molecule has 1 aliphatic rings. The topological polar surface area (TPSA) is 24.9 Å². The average Bonchev–Trinajstić information content (AvgIpc) is 2.48. The van der Waals surface area contributed by atoms with Gasteiger partial charge < -0.3 is 5.32 Å². The van der Waals surface area contributed by atoms with Crippen LogP contribution in [-0.2, 0) is 12.8 Å². The quantitative estimate of drug-likeness (QED) is 0.867. The molecule has 106 valence electrons. The number of hydrogen-bond acceptors (Lipinski definition) is 2. The Labute approximate surface area is 126 Å². The Morgan fingerprint density at radius 1 is 1.30 bits per heavy atom. The predicted octanol–water partition coefficient (Wildman–Crippen LogP) is 4.84. The van der Waals surface area contributed by atoms with Gasteiger partial charge in [0.2, 0.25) is 0 Å². The van der Waals surface area contributed by atoms with Gasteiger partial charge in [-0.25, -0.2) is 9.37 Å². The van der Waals surface area contributed by atoms with Crippen LogP contribution in [0, 0.1) is 5.82 Å². The van der Waals surface area contributed by atoms with Gasteiger partial charge >= 0.3 is 0 Å². The molecule has 0 saturated heterocycles. The lowest BCUT2D eigenvalue weighted by atomic mass is 9.92. The summed E-state index contributed by atoms with van der Waals surface area (Å²) in [6.07, 6.45) is 5.37. The average molecular weight is 337 g/mol. The van der Waals surface area contributed by atoms with Gasteiger partial charge in [-0.2, -0.15) is 0 Å². The fourth-order valence-electron chi connectivity index (χ4n) is 2.90. The minimum absolute atomic E-state index is 0.240. The molecule has 0 saturated carbocycles. The summed E-state index contributed by atoms with van der Waals surface area (Å²) in [5.41, 5.74) is 3.92. The standard InChI is InChI=1S/C16H18BrFN2/c1-2-9-19-15-10-5-3-4-6-13(10)20-16-12(18)8-7-11(17)14(15)16/h7-8H,2-6,9H2,1H3,(H,19,20). The van der Waals surface area contributed by atoms with Crippen molar-refractivity contribution in [2.24, 2.45) is 0 Å². The maximum atomic E-state index is 14.1. The number of benzene rings is 1. The summed E-state index contributed by atoms with van der Waals surface area (Å²) in [5, 5.41) is 4.38. The van der Waals surface area contributed by atoms with Crippen LogP contribution < -0.4 is 5.32 Å². The van der Waals surface area contributed by atoms with Crippen LogP contribution in [0.15, 0.2) is 16.6 Å². The minimum Gasteiger partial charge on any atom is -0.384 e. The molecule has 1 aromatic heterocycles. The Bertz CT molecular complexity index is 655. The first-order valence-corrected chi connectivity index (χ1v) is 8.05. The molecule has 20 heavy (non-hydrogen) atoms. The van der Waals surface area contributed by atoms with Crippen molar-refractivity contribution in [2.75, 3.05) is 11.9 Å². The van der Waals surface area contributed by atoms with Gasteiger partial charge in [-0.15, -0.1) is 0 Å². The van der Waals surface area contributed by atoms with E-state index >= 15 is 0 Å². The van der Waals surface area contributed by atoms with E-state index in [9.17, 15) is 4.39 Å². The van der Waals surface area contributed by atoms with Gasteiger partial charge in [-0.05, 0) is 49.8 Å². The van der Waals surface area contributed by atoms with Gasteiger partial charge in [0.1, 0.15) is 11.3 Å². The van der Waals surface area contributed by atoms with Crippen molar-refractivity contribution in [1.29, 1.82) is 0 Å². The van der Waals surface area contributed by atoms with Gasteiger partial charge in [0.15, 0.2) is 0 Å². The molecule has 0 atom stereocenters. The van der Waals surface area contributed by atoms with E-state index in [1.165, 1.54) is 18.1 Å². The number of pyridine rings is 1. The van der Waals surface area contributed by atoms with E-state index in [0.29, 0.717) is 5.52 Å². The van der Waals surface area contributed by atoms with E-state index in [0.717, 1.165) is 53.5 Å². The predicted molar refractivity (Wildman–Crippen MR) is 84.8 cm³/mol. The van der Waals surface area contributed by atoms with E-state index in [1.807, 2.05) is 0 Å². The molecule has 0 aliphatic heterocycles. The normalized spacial score (nSPS) is 14.3. The van der Waals surface area contributed by atoms with Gasteiger partial charge in [0, 0.05) is 27.8 Å². The van der Waals surface area contributed by atoms with E-state index in [-0.39, 0.29) is 5.82 Å². The molecule has 0 unspecified atom stereocenters. The van der Waals surface area contributed by atoms with Crippen LogP contribution >= 0.6 is 15.9 Å². The van der Waals surface area contributed by atoms with E-state index in [4.69, 9.17) is 0 Å². The molecule has 3 rings (SSSR count). The molecule has 0 fully saturated rings. The van der Waals surface area contributed by atoms with Crippen LogP contribution in [0.5, 0.6) is 0 Å². The summed E-state index contributed by atoms with van der Waals surface area (Å²) >= 11 is 3.55. The number of fused-ring (bicyclic) bond motifs is 2. The summed E-state index contributed by atoms with van der Waals surface area (Å²) in [6.45, 7) is 3.03. The number of hydrogen-bond donors (Lipinski definition) is 1. The van der Waals surface area contributed by atoms with Gasteiger partial charge in [-0.1, -0.05) is 22.9 Å². The SMILES string of the molecule is CCCNc1c2c(nc3c(F)ccc(Br)c13)CCCC2. The lowest BCUT2D eigenvalue weighted by Gasteiger charge is -2.22. The van der Waals surface area contributed by atoms with Crippen LogP contribution in [0.1, 0.15) is 37.4 Å². The highest BCUT2D eigenvalue weighted by Crippen LogP contribution is 2.38. The van der Waals surface area contributed by atoms with Crippen molar-refractivity contribution in [2.45, 2.75) is 39.0 Å². The number of nitrogens with zero attached hydrogens (tertiary/aromatic N) is 1. The molecular formula is C16H18BrFN2. The maximum absolute atomic E-state index is 14.1. The van der Waals surface area contributed by atoms with Gasteiger partial charge in [0.25, 0.3) is 0 Å². The van der Waals surface area contributed by atoms with Crippen molar-refractivity contribution >= 4 is 32.5 Å². The highest BCUT2D eigenvalue weighted by Gasteiger charge is 2.20. The smallest absolute Gasteiger partial charge is 0.149 e. The third-order valence-electron chi connectivity index (χ3n) is 3.87. The number of rotatable bonds is 3. The molecule has 0 spiro atoms. The lowest BCUT2D eigenvalue weighted by Crippen LogP contribution is -2.12. The van der Waals surface area contributed by atoms with Gasteiger partial charge in [0.05, 0.1) is 0 Å². The lowest BCUT2D eigenvalue weighted by molar-refractivity contribution is 0.631. The van der Waals surface area contributed by atoms with Crippen LogP contribution in [0.3, 0.4) is 0 Å². The van der Waals surface area contributed by atoms with E-state index < -0.39 is 0 Å². The number of aryl methyl sites for hydroxylation is 1. The molecule has 0 radical (unpaired) electrons. The fourth-order valence-corrected chi connectivity index (χ4v) is 3.42. The second-order valence-electron chi connectivity index (χ2n) is 5.30. The highest BCUT2D eigenvalue weighted by molar-refractivity contribution is 9.10. The zero-order valence-corrected chi connectivity index (χ0v) is 13.2. The summed E-state index contributed by atoms with van der Waals surface area (Å²) in [6, 6.07) is 3.25. The fraction of sp³-hybridized carbons (Fsp3) is 0.438. The molecule has 2 nitrogen and oxygen atoms in total. The first-order valence-electron chi connectivity index (χ1n) is 7.25. The first kappa shape index (κ1) is 13.8. The van der Waals surface area contributed by atoms with Crippen LogP contribution in [0.2, 0.25) is 0 Å². The molecule has 4 heteroatoms. The zero-order valence-electron chi connectivity index (χ0n) is 11.6. The molecule has 1 aromatic carbocycles. The Hall–Kier alpha value is -1.16. The number of halogens is 2. The molecule has 2 aromatic rings. The summed E-state index contributed by atoms with van der Waals surface area (Å²) in [7, 11) is 0. The highest BCUT2D eigenvalue weighted by atomic mass is 79.9. The van der Waals surface area contributed by atoms with Crippen molar-refractivity contribution in [1.82, 2.24) is 4.98 Å². The molecular weight excluding hydrogens is 319 g/mol. The monoisotopic (exact) mass is 336 g/mol. The molecule has 0 amide bonds. The molecule has 1 N–H and O–H groups in total.